The molecule has 2 N–H and O–H groups in total. The molecule has 0 radical (unpaired) electrons. The van der Waals surface area contributed by atoms with Crippen molar-refractivity contribution >= 4 is 11.8 Å². The second-order valence-electron chi connectivity index (χ2n) is 3.46. The Bertz CT molecular complexity index is 99.7. The van der Waals surface area contributed by atoms with E-state index in [4.69, 9.17) is 5.73 Å². The van der Waals surface area contributed by atoms with Crippen molar-refractivity contribution in [3.8, 4) is 0 Å². The van der Waals surface area contributed by atoms with E-state index in [9.17, 15) is 0 Å². The minimum absolute atomic E-state index is 0.461. The van der Waals surface area contributed by atoms with Crippen LogP contribution in [0.15, 0.2) is 0 Å². The number of nitrogens with two attached hydrogens (primary N) is 1. The molecule has 0 aliphatic carbocycles. The van der Waals surface area contributed by atoms with Crippen molar-refractivity contribution in [2.75, 3.05) is 11.5 Å². The lowest BCUT2D eigenvalue weighted by Gasteiger charge is -2.23. The van der Waals surface area contributed by atoms with Crippen LogP contribution in [-0.2, 0) is 0 Å². The molecule has 1 rings (SSSR count). The first kappa shape index (κ1) is 9.40. The van der Waals surface area contributed by atoms with Crippen molar-refractivity contribution in [1.29, 1.82) is 0 Å². The molecule has 11 heavy (non-hydrogen) atoms. The minimum Gasteiger partial charge on any atom is -0.328 e. The molecule has 0 bridgehead atoms. The van der Waals surface area contributed by atoms with Crippen molar-refractivity contribution < 1.29 is 0 Å². The third-order valence-corrected chi connectivity index (χ3v) is 3.55. The lowest BCUT2D eigenvalue weighted by atomic mass is 9.94. The molecule has 1 aliphatic rings. The topological polar surface area (TPSA) is 26.0 Å². The van der Waals surface area contributed by atoms with Crippen LogP contribution in [0.1, 0.15) is 32.6 Å². The summed E-state index contributed by atoms with van der Waals surface area (Å²) < 4.78 is 0. The van der Waals surface area contributed by atoms with Crippen LogP contribution in [0.4, 0.5) is 0 Å². The van der Waals surface area contributed by atoms with Gasteiger partial charge in [0.2, 0.25) is 0 Å². The van der Waals surface area contributed by atoms with Gasteiger partial charge in [-0.1, -0.05) is 6.92 Å². The van der Waals surface area contributed by atoms with Crippen LogP contribution in [0.3, 0.4) is 0 Å². The molecule has 0 aromatic carbocycles. The number of hydrogen-bond acceptors (Lipinski definition) is 2. The van der Waals surface area contributed by atoms with Gasteiger partial charge in [0.1, 0.15) is 0 Å². The van der Waals surface area contributed by atoms with Gasteiger partial charge in [0.25, 0.3) is 0 Å². The highest BCUT2D eigenvalue weighted by atomic mass is 32.2. The molecule has 66 valence electrons. The van der Waals surface area contributed by atoms with E-state index in [0.717, 1.165) is 12.3 Å². The Hall–Kier alpha value is 0.310. The average molecular weight is 173 g/mol. The molecule has 1 fully saturated rings. The van der Waals surface area contributed by atoms with E-state index in [1.165, 1.54) is 30.8 Å². The Morgan fingerprint density at radius 2 is 2.09 bits per heavy atom. The smallest absolute Gasteiger partial charge is 0.00388 e. The van der Waals surface area contributed by atoms with Crippen LogP contribution in [0.2, 0.25) is 0 Å². The van der Waals surface area contributed by atoms with E-state index < -0.39 is 0 Å². The zero-order valence-corrected chi connectivity index (χ0v) is 8.20. The van der Waals surface area contributed by atoms with Gasteiger partial charge in [-0.05, 0) is 43.1 Å². The van der Waals surface area contributed by atoms with Crippen LogP contribution in [-0.4, -0.2) is 17.5 Å². The molecule has 1 aliphatic heterocycles. The van der Waals surface area contributed by atoms with Crippen LogP contribution in [0.25, 0.3) is 0 Å². The van der Waals surface area contributed by atoms with Crippen molar-refractivity contribution in [2.45, 2.75) is 38.6 Å². The maximum absolute atomic E-state index is 5.90. The lowest BCUT2D eigenvalue weighted by molar-refractivity contribution is 0.402. The van der Waals surface area contributed by atoms with Gasteiger partial charge in [0.05, 0.1) is 0 Å². The van der Waals surface area contributed by atoms with Crippen molar-refractivity contribution in [2.24, 2.45) is 11.7 Å². The average Bonchev–Trinajstić information content (AvgIpc) is 2.06. The van der Waals surface area contributed by atoms with Crippen LogP contribution < -0.4 is 5.73 Å². The van der Waals surface area contributed by atoms with Gasteiger partial charge in [-0.15, -0.1) is 0 Å². The van der Waals surface area contributed by atoms with E-state index in [0.29, 0.717) is 6.04 Å². The predicted octanol–water partition coefficient (Wildman–Crippen LogP) is 2.26. The van der Waals surface area contributed by atoms with Crippen molar-refractivity contribution in [1.82, 2.24) is 0 Å². The summed E-state index contributed by atoms with van der Waals surface area (Å²) >= 11 is 2.09. The normalized spacial score (nSPS) is 23.5. The van der Waals surface area contributed by atoms with Crippen LogP contribution in [0.5, 0.6) is 0 Å². The molecule has 1 heterocycles. The van der Waals surface area contributed by atoms with E-state index in [1.807, 2.05) is 0 Å². The quantitative estimate of drug-likeness (QED) is 0.708. The Morgan fingerprint density at radius 3 is 2.64 bits per heavy atom. The molecule has 0 saturated carbocycles. The highest BCUT2D eigenvalue weighted by Gasteiger charge is 2.15. The predicted molar refractivity (Wildman–Crippen MR) is 52.9 cm³/mol. The number of rotatable bonds is 3. The van der Waals surface area contributed by atoms with Crippen LogP contribution in [0, 0.1) is 5.92 Å². The Morgan fingerprint density at radius 1 is 1.45 bits per heavy atom. The standard InChI is InChI=1S/C9H19NS/c1-2-9(10)7-8-3-5-11-6-4-8/h8-9H,2-7,10H2,1H3. The van der Waals surface area contributed by atoms with Gasteiger partial charge in [-0.25, -0.2) is 0 Å². The maximum Gasteiger partial charge on any atom is 0.00388 e. The molecule has 1 unspecified atom stereocenters. The summed E-state index contributed by atoms with van der Waals surface area (Å²) in [5, 5.41) is 0. The summed E-state index contributed by atoms with van der Waals surface area (Å²) in [6, 6.07) is 0.461. The molecular weight excluding hydrogens is 154 g/mol. The van der Waals surface area contributed by atoms with Gasteiger partial charge < -0.3 is 5.73 Å². The summed E-state index contributed by atoms with van der Waals surface area (Å²) in [5.74, 6) is 3.66. The summed E-state index contributed by atoms with van der Waals surface area (Å²) in [6.45, 7) is 2.18. The third-order valence-electron chi connectivity index (χ3n) is 2.50. The second kappa shape index (κ2) is 5.04. The Balaban J connectivity index is 2.13. The van der Waals surface area contributed by atoms with Gasteiger partial charge in [-0.3, -0.25) is 0 Å². The maximum atomic E-state index is 5.90. The second-order valence-corrected chi connectivity index (χ2v) is 4.68. The van der Waals surface area contributed by atoms with E-state index in [2.05, 4.69) is 18.7 Å². The SMILES string of the molecule is CCC(N)CC1CCSCC1. The lowest BCUT2D eigenvalue weighted by Crippen LogP contribution is -2.24. The van der Waals surface area contributed by atoms with Crippen molar-refractivity contribution in [3.63, 3.8) is 0 Å². The number of hydrogen-bond donors (Lipinski definition) is 1. The molecule has 2 heteroatoms. The van der Waals surface area contributed by atoms with E-state index in [-0.39, 0.29) is 0 Å². The number of thioether (sulfide) groups is 1. The minimum atomic E-state index is 0.461. The van der Waals surface area contributed by atoms with Crippen LogP contribution >= 0.6 is 11.8 Å². The molecular formula is C9H19NS. The van der Waals surface area contributed by atoms with Gasteiger partial charge >= 0.3 is 0 Å². The van der Waals surface area contributed by atoms with Crippen molar-refractivity contribution in [3.05, 3.63) is 0 Å². The highest BCUT2D eigenvalue weighted by Crippen LogP contribution is 2.26. The highest BCUT2D eigenvalue weighted by molar-refractivity contribution is 7.99. The third kappa shape index (κ3) is 3.48. The zero-order valence-electron chi connectivity index (χ0n) is 7.38. The largest absolute Gasteiger partial charge is 0.328 e. The fourth-order valence-electron chi connectivity index (χ4n) is 1.58. The first-order valence-electron chi connectivity index (χ1n) is 4.66. The monoisotopic (exact) mass is 173 g/mol. The fraction of sp³-hybridized carbons (Fsp3) is 1.00. The Kier molecular flexibility index (Phi) is 4.31. The van der Waals surface area contributed by atoms with Gasteiger partial charge in [-0.2, -0.15) is 11.8 Å². The molecule has 0 aromatic rings. The molecule has 0 aromatic heterocycles. The summed E-state index contributed by atoms with van der Waals surface area (Å²) in [7, 11) is 0. The van der Waals surface area contributed by atoms with Gasteiger partial charge in [0.15, 0.2) is 0 Å². The van der Waals surface area contributed by atoms with E-state index >= 15 is 0 Å². The molecule has 1 atom stereocenters. The first-order valence-corrected chi connectivity index (χ1v) is 5.81. The van der Waals surface area contributed by atoms with Gasteiger partial charge in [0, 0.05) is 6.04 Å². The fourth-order valence-corrected chi connectivity index (χ4v) is 2.78. The molecule has 0 amide bonds. The Labute approximate surface area is 74.1 Å². The molecule has 1 saturated heterocycles. The summed E-state index contributed by atoms with van der Waals surface area (Å²) in [6.07, 6.45) is 5.21. The zero-order chi connectivity index (χ0) is 8.10. The summed E-state index contributed by atoms with van der Waals surface area (Å²) in [5.41, 5.74) is 5.90. The molecule has 0 spiro atoms. The summed E-state index contributed by atoms with van der Waals surface area (Å²) in [4.78, 5) is 0. The van der Waals surface area contributed by atoms with E-state index in [1.54, 1.807) is 0 Å². The molecule has 1 nitrogen and oxygen atoms in total. The first-order chi connectivity index (χ1) is 5.33.